The summed E-state index contributed by atoms with van der Waals surface area (Å²) in [5.41, 5.74) is 9.19. The number of fused-ring (bicyclic) bond motifs is 6. The molecule has 0 bridgehead atoms. The molecule has 0 saturated heterocycles. The predicted octanol–water partition coefficient (Wildman–Crippen LogP) is 8.65. The lowest BCUT2D eigenvalue weighted by molar-refractivity contribution is 1.19. The zero-order chi connectivity index (χ0) is 25.1. The summed E-state index contributed by atoms with van der Waals surface area (Å²) in [6.45, 7) is 0. The molecule has 0 N–H and O–H groups in total. The zero-order valence-corrected chi connectivity index (χ0v) is 21.1. The van der Waals surface area contributed by atoms with Crippen LogP contribution in [0.1, 0.15) is 0 Å². The van der Waals surface area contributed by atoms with E-state index in [1.807, 2.05) is 30.5 Å². The molecule has 4 aromatic heterocycles. The van der Waals surface area contributed by atoms with Crippen LogP contribution >= 0.6 is 11.3 Å². The molecule has 4 heterocycles. The Balaban J connectivity index is 1.29. The van der Waals surface area contributed by atoms with E-state index >= 15 is 0 Å². The van der Waals surface area contributed by atoms with Gasteiger partial charge in [0.05, 0.1) is 15.9 Å². The van der Waals surface area contributed by atoms with Crippen molar-refractivity contribution in [2.75, 3.05) is 0 Å². The fourth-order valence-corrected chi connectivity index (χ4v) is 6.16. The number of thiazole rings is 1. The van der Waals surface area contributed by atoms with Crippen LogP contribution in [0.3, 0.4) is 0 Å². The van der Waals surface area contributed by atoms with Gasteiger partial charge in [-0.05, 0) is 41.5 Å². The van der Waals surface area contributed by atoms with Crippen LogP contribution in [0.5, 0.6) is 0 Å². The third-order valence-electron chi connectivity index (χ3n) is 7.04. The number of pyridine rings is 2. The first-order valence-corrected chi connectivity index (χ1v) is 13.4. The molecular formula is C33H20N4S. The van der Waals surface area contributed by atoms with Gasteiger partial charge in [0.25, 0.3) is 0 Å². The van der Waals surface area contributed by atoms with Crippen LogP contribution in [0.15, 0.2) is 121 Å². The normalized spacial score (nSPS) is 11.7. The molecular weight excluding hydrogens is 484 g/mol. The Morgan fingerprint density at radius 1 is 0.553 bits per heavy atom. The highest BCUT2D eigenvalue weighted by atomic mass is 32.1. The average molecular weight is 505 g/mol. The number of imidazole rings is 1. The van der Waals surface area contributed by atoms with Crippen LogP contribution in [0.25, 0.3) is 70.8 Å². The highest BCUT2D eigenvalue weighted by molar-refractivity contribution is 7.21. The molecule has 4 nitrogen and oxygen atoms in total. The molecule has 38 heavy (non-hydrogen) atoms. The van der Waals surface area contributed by atoms with Crippen molar-refractivity contribution < 1.29 is 0 Å². The molecule has 0 amide bonds. The summed E-state index contributed by atoms with van der Waals surface area (Å²) in [7, 11) is 0. The third-order valence-corrected chi connectivity index (χ3v) is 8.12. The first-order valence-electron chi connectivity index (χ1n) is 12.5. The van der Waals surface area contributed by atoms with E-state index in [9.17, 15) is 0 Å². The van der Waals surface area contributed by atoms with Crippen molar-refractivity contribution in [2.45, 2.75) is 0 Å². The van der Waals surface area contributed by atoms with Crippen molar-refractivity contribution >= 4 is 49.1 Å². The van der Waals surface area contributed by atoms with Crippen molar-refractivity contribution in [1.29, 1.82) is 0 Å². The van der Waals surface area contributed by atoms with Crippen molar-refractivity contribution in [3.63, 3.8) is 0 Å². The van der Waals surface area contributed by atoms with Gasteiger partial charge >= 0.3 is 0 Å². The topological polar surface area (TPSA) is 43.1 Å². The van der Waals surface area contributed by atoms with Crippen LogP contribution in [-0.2, 0) is 0 Å². The molecule has 0 aliphatic carbocycles. The molecule has 0 aliphatic heterocycles. The first kappa shape index (κ1) is 21.2. The smallest absolute Gasteiger partial charge is 0.165 e. The maximum atomic E-state index is 5.17. The van der Waals surface area contributed by atoms with Gasteiger partial charge in [0.1, 0.15) is 16.2 Å². The van der Waals surface area contributed by atoms with Gasteiger partial charge in [0.15, 0.2) is 5.65 Å². The summed E-state index contributed by atoms with van der Waals surface area (Å²) in [6, 6.07) is 40.0. The molecule has 0 saturated carbocycles. The van der Waals surface area contributed by atoms with Crippen molar-refractivity contribution in [3.8, 4) is 33.0 Å². The number of aromatic nitrogens is 4. The Bertz CT molecular complexity index is 2140. The van der Waals surface area contributed by atoms with E-state index in [4.69, 9.17) is 15.0 Å². The van der Waals surface area contributed by atoms with Crippen molar-refractivity contribution in [2.24, 2.45) is 0 Å². The van der Waals surface area contributed by atoms with Gasteiger partial charge in [-0.3, -0.25) is 4.40 Å². The predicted molar refractivity (Wildman–Crippen MR) is 157 cm³/mol. The Labute approximate surface area is 222 Å². The van der Waals surface area contributed by atoms with Crippen molar-refractivity contribution in [3.05, 3.63) is 121 Å². The maximum Gasteiger partial charge on any atom is 0.165 e. The van der Waals surface area contributed by atoms with E-state index in [2.05, 4.69) is 95.4 Å². The average Bonchev–Trinajstić information content (AvgIpc) is 3.59. The molecule has 178 valence electrons. The molecule has 5 heteroatoms. The molecule has 0 spiro atoms. The fourth-order valence-electron chi connectivity index (χ4n) is 5.21. The van der Waals surface area contributed by atoms with E-state index < -0.39 is 0 Å². The first-order chi connectivity index (χ1) is 18.8. The summed E-state index contributed by atoms with van der Waals surface area (Å²) in [6.07, 6.45) is 2.03. The van der Waals surface area contributed by atoms with Crippen LogP contribution in [0.4, 0.5) is 0 Å². The Morgan fingerprint density at radius 3 is 2.24 bits per heavy atom. The van der Waals surface area contributed by atoms with Crippen LogP contribution in [0.2, 0.25) is 0 Å². The number of hydrogen-bond acceptors (Lipinski definition) is 4. The molecule has 4 aromatic carbocycles. The lowest BCUT2D eigenvalue weighted by Crippen LogP contribution is -1.92. The van der Waals surface area contributed by atoms with Crippen molar-refractivity contribution in [1.82, 2.24) is 19.4 Å². The Kier molecular flexibility index (Phi) is 4.66. The number of benzene rings is 4. The quantitative estimate of drug-likeness (QED) is 0.242. The number of hydrogen-bond donors (Lipinski definition) is 0. The molecule has 0 unspecified atom stereocenters. The second-order valence-corrected chi connectivity index (χ2v) is 10.4. The second kappa shape index (κ2) is 8.33. The van der Waals surface area contributed by atoms with E-state index in [1.165, 1.54) is 4.70 Å². The van der Waals surface area contributed by atoms with Crippen LogP contribution in [0, 0.1) is 0 Å². The largest absolute Gasteiger partial charge is 0.284 e. The molecule has 0 atom stereocenters. The highest BCUT2D eigenvalue weighted by Crippen LogP contribution is 2.36. The van der Waals surface area contributed by atoms with E-state index in [0.717, 1.165) is 66.1 Å². The SMILES string of the molecule is c1ccc(-c2nc3cc(-c4cccc(-c5nc6c(nc7ccccn76)c6ccccc56)c4)ccc3s2)cc1. The van der Waals surface area contributed by atoms with E-state index in [1.54, 1.807) is 11.3 Å². The standard InChI is InChI=1S/C33H20N4S/c1-2-9-21(10-3-1)33-34-27-20-23(16-17-28(27)38-33)22-11-8-12-24(19-22)30-25-13-4-5-14-26(25)31-32(36-30)37-18-7-6-15-29(37)35-31/h1-20H. The van der Waals surface area contributed by atoms with Gasteiger partial charge in [0, 0.05) is 28.1 Å². The minimum Gasteiger partial charge on any atom is -0.284 e. The van der Waals surface area contributed by atoms with Gasteiger partial charge in [-0.15, -0.1) is 11.3 Å². The molecule has 8 aromatic rings. The zero-order valence-electron chi connectivity index (χ0n) is 20.2. The monoisotopic (exact) mass is 504 g/mol. The summed E-state index contributed by atoms with van der Waals surface area (Å²) >= 11 is 1.73. The summed E-state index contributed by atoms with van der Waals surface area (Å²) in [5, 5.41) is 3.26. The minimum absolute atomic E-state index is 0.872. The molecule has 0 radical (unpaired) electrons. The summed E-state index contributed by atoms with van der Waals surface area (Å²) in [4.78, 5) is 15.0. The van der Waals surface area contributed by atoms with Crippen LogP contribution in [-0.4, -0.2) is 19.4 Å². The van der Waals surface area contributed by atoms with Gasteiger partial charge in [-0.25, -0.2) is 15.0 Å². The van der Waals surface area contributed by atoms with Gasteiger partial charge in [-0.2, -0.15) is 0 Å². The fraction of sp³-hybridized carbons (Fsp3) is 0. The lowest BCUT2D eigenvalue weighted by Gasteiger charge is -2.10. The Hall–Kier alpha value is -4.87. The molecule has 8 rings (SSSR count). The summed E-state index contributed by atoms with van der Waals surface area (Å²) in [5.74, 6) is 0. The van der Waals surface area contributed by atoms with E-state index in [0.29, 0.717) is 0 Å². The lowest BCUT2D eigenvalue weighted by atomic mass is 9.98. The van der Waals surface area contributed by atoms with Gasteiger partial charge in [0.2, 0.25) is 0 Å². The highest BCUT2D eigenvalue weighted by Gasteiger charge is 2.15. The second-order valence-electron chi connectivity index (χ2n) is 9.37. The number of rotatable bonds is 3. The summed E-state index contributed by atoms with van der Waals surface area (Å²) < 4.78 is 3.25. The maximum absolute atomic E-state index is 5.17. The molecule has 0 aliphatic rings. The van der Waals surface area contributed by atoms with Crippen LogP contribution < -0.4 is 0 Å². The van der Waals surface area contributed by atoms with Gasteiger partial charge in [-0.1, -0.05) is 84.9 Å². The third kappa shape index (κ3) is 3.33. The minimum atomic E-state index is 0.872. The number of nitrogens with zero attached hydrogens (tertiary/aromatic N) is 4. The molecule has 0 fully saturated rings. The van der Waals surface area contributed by atoms with E-state index in [-0.39, 0.29) is 0 Å². The Morgan fingerprint density at radius 2 is 1.32 bits per heavy atom. The van der Waals surface area contributed by atoms with Gasteiger partial charge < -0.3 is 0 Å².